The van der Waals surface area contributed by atoms with Crippen molar-refractivity contribution in [3.05, 3.63) is 11.9 Å². The van der Waals surface area contributed by atoms with Crippen molar-refractivity contribution in [1.82, 2.24) is 4.57 Å². The lowest BCUT2D eigenvalue weighted by Gasteiger charge is -2.02. The molecule has 1 aromatic rings. The quantitative estimate of drug-likeness (QED) is 0.650. The van der Waals surface area contributed by atoms with Gasteiger partial charge in [0.25, 0.3) is 0 Å². The predicted octanol–water partition coefficient (Wildman–Crippen LogP) is 0.884. The molecule has 0 saturated heterocycles. The zero-order chi connectivity index (χ0) is 10.0. The van der Waals surface area contributed by atoms with Gasteiger partial charge in [0.05, 0.1) is 5.69 Å². The maximum Gasteiger partial charge on any atom is 0.356 e. The largest absolute Gasteiger partial charge is 0.504 e. The number of rotatable bonds is 3. The number of nitrogens with zero attached hydrogens (tertiary/aromatic N) is 1. The van der Waals surface area contributed by atoms with Crippen LogP contribution in [0.25, 0.3) is 0 Å². The fourth-order valence-corrected chi connectivity index (χ4v) is 1.21. The molecule has 5 nitrogen and oxygen atoms in total. The number of aromatic hydroxyl groups is 1. The first kappa shape index (κ1) is 9.44. The van der Waals surface area contributed by atoms with Crippen molar-refractivity contribution in [2.24, 2.45) is 0 Å². The lowest BCUT2D eigenvalue weighted by atomic mass is 10.3. The molecule has 0 saturated carbocycles. The summed E-state index contributed by atoms with van der Waals surface area (Å²) in [6, 6.07) is 0. The molecule has 4 N–H and O–H groups in total. The van der Waals surface area contributed by atoms with Crippen LogP contribution in [0.1, 0.15) is 23.8 Å². The molecule has 0 radical (unpaired) electrons. The number of carboxylic acid groups (broad SMARTS) is 1. The zero-order valence-corrected chi connectivity index (χ0v) is 7.32. The second kappa shape index (κ2) is 3.38. The average molecular weight is 184 g/mol. The average Bonchev–Trinajstić information content (AvgIpc) is 2.28. The molecule has 0 spiro atoms. The van der Waals surface area contributed by atoms with Gasteiger partial charge in [0.2, 0.25) is 0 Å². The molecular formula is C8H12N2O3. The third-order valence-corrected chi connectivity index (χ3v) is 1.75. The van der Waals surface area contributed by atoms with Crippen LogP contribution in [0.3, 0.4) is 0 Å². The molecule has 0 aliphatic rings. The summed E-state index contributed by atoms with van der Waals surface area (Å²) in [5, 5.41) is 18.0. The molecule has 0 aliphatic heterocycles. The Labute approximate surface area is 75.4 Å². The van der Waals surface area contributed by atoms with E-state index in [1.165, 1.54) is 10.8 Å². The van der Waals surface area contributed by atoms with Gasteiger partial charge in [-0.2, -0.15) is 0 Å². The minimum absolute atomic E-state index is 0.103. The minimum Gasteiger partial charge on any atom is -0.504 e. The Morgan fingerprint density at radius 3 is 2.77 bits per heavy atom. The normalized spacial score (nSPS) is 10.2. The Morgan fingerprint density at radius 2 is 2.31 bits per heavy atom. The monoisotopic (exact) mass is 184 g/mol. The van der Waals surface area contributed by atoms with Crippen molar-refractivity contribution in [2.75, 3.05) is 5.73 Å². The first-order valence-electron chi connectivity index (χ1n) is 3.98. The van der Waals surface area contributed by atoms with Crippen molar-refractivity contribution in [1.29, 1.82) is 0 Å². The van der Waals surface area contributed by atoms with Gasteiger partial charge in [-0.05, 0) is 6.42 Å². The highest BCUT2D eigenvalue weighted by Crippen LogP contribution is 2.27. The van der Waals surface area contributed by atoms with E-state index in [-0.39, 0.29) is 17.1 Å². The second-order valence-electron chi connectivity index (χ2n) is 2.78. The molecule has 1 aromatic heterocycles. The Morgan fingerprint density at radius 1 is 1.69 bits per heavy atom. The van der Waals surface area contributed by atoms with Crippen molar-refractivity contribution in [2.45, 2.75) is 19.9 Å². The molecular weight excluding hydrogens is 172 g/mol. The molecule has 0 bridgehead atoms. The number of carboxylic acids is 1. The molecule has 5 heteroatoms. The predicted molar refractivity (Wildman–Crippen MR) is 47.8 cm³/mol. The SMILES string of the molecule is CCCn1cc(N)c(O)c1C(=O)O. The molecule has 0 unspecified atom stereocenters. The van der Waals surface area contributed by atoms with E-state index in [0.29, 0.717) is 6.54 Å². The summed E-state index contributed by atoms with van der Waals surface area (Å²) < 4.78 is 1.44. The summed E-state index contributed by atoms with van der Waals surface area (Å²) in [6.07, 6.45) is 2.22. The third kappa shape index (κ3) is 1.58. The van der Waals surface area contributed by atoms with E-state index in [1.807, 2.05) is 6.92 Å². The van der Waals surface area contributed by atoms with Crippen LogP contribution >= 0.6 is 0 Å². The number of nitrogen functional groups attached to an aromatic ring is 1. The number of anilines is 1. The first-order valence-corrected chi connectivity index (χ1v) is 3.98. The number of carbonyl (C=O) groups is 1. The van der Waals surface area contributed by atoms with Crippen molar-refractivity contribution >= 4 is 11.7 Å². The number of aromatic nitrogens is 1. The lowest BCUT2D eigenvalue weighted by Crippen LogP contribution is -2.07. The highest BCUT2D eigenvalue weighted by atomic mass is 16.4. The summed E-state index contributed by atoms with van der Waals surface area (Å²) in [7, 11) is 0. The molecule has 0 amide bonds. The Hall–Kier alpha value is -1.65. The smallest absolute Gasteiger partial charge is 0.356 e. The van der Waals surface area contributed by atoms with Crippen molar-refractivity contribution in [3.63, 3.8) is 0 Å². The van der Waals surface area contributed by atoms with Crippen LogP contribution in [-0.4, -0.2) is 20.7 Å². The number of aryl methyl sites for hydroxylation is 1. The van der Waals surface area contributed by atoms with Gasteiger partial charge >= 0.3 is 5.97 Å². The van der Waals surface area contributed by atoms with E-state index in [2.05, 4.69) is 0 Å². The summed E-state index contributed by atoms with van der Waals surface area (Å²) in [5.41, 5.74) is 5.34. The van der Waals surface area contributed by atoms with Gasteiger partial charge in [-0.1, -0.05) is 6.92 Å². The van der Waals surface area contributed by atoms with E-state index in [9.17, 15) is 9.90 Å². The fraction of sp³-hybridized carbons (Fsp3) is 0.375. The van der Waals surface area contributed by atoms with Gasteiger partial charge < -0.3 is 20.5 Å². The van der Waals surface area contributed by atoms with E-state index in [0.717, 1.165) is 6.42 Å². The number of nitrogens with two attached hydrogens (primary N) is 1. The maximum absolute atomic E-state index is 10.7. The summed E-state index contributed by atoms with van der Waals surface area (Å²) >= 11 is 0. The minimum atomic E-state index is -1.16. The van der Waals surface area contributed by atoms with Crippen LogP contribution in [0.2, 0.25) is 0 Å². The molecule has 0 atom stereocenters. The second-order valence-corrected chi connectivity index (χ2v) is 2.78. The first-order chi connectivity index (χ1) is 6.07. The zero-order valence-electron chi connectivity index (χ0n) is 7.32. The van der Waals surface area contributed by atoms with E-state index >= 15 is 0 Å². The van der Waals surface area contributed by atoms with Crippen LogP contribution < -0.4 is 5.73 Å². The topological polar surface area (TPSA) is 88.5 Å². The highest BCUT2D eigenvalue weighted by molar-refractivity contribution is 5.91. The third-order valence-electron chi connectivity index (χ3n) is 1.75. The van der Waals surface area contributed by atoms with Gasteiger partial charge in [-0.15, -0.1) is 0 Å². The van der Waals surface area contributed by atoms with Crippen LogP contribution in [0.5, 0.6) is 5.75 Å². The Bertz CT molecular complexity index is 330. The van der Waals surface area contributed by atoms with Crippen LogP contribution in [-0.2, 0) is 6.54 Å². The van der Waals surface area contributed by atoms with Crippen LogP contribution in [0.4, 0.5) is 5.69 Å². The fourth-order valence-electron chi connectivity index (χ4n) is 1.21. The van der Waals surface area contributed by atoms with Gasteiger partial charge in [-0.3, -0.25) is 0 Å². The summed E-state index contributed by atoms with van der Waals surface area (Å²) in [4.78, 5) is 10.7. The molecule has 13 heavy (non-hydrogen) atoms. The Balaban J connectivity index is 3.18. The van der Waals surface area contributed by atoms with Gasteiger partial charge in [0.1, 0.15) is 0 Å². The van der Waals surface area contributed by atoms with Crippen LogP contribution in [0, 0.1) is 0 Å². The highest BCUT2D eigenvalue weighted by Gasteiger charge is 2.18. The van der Waals surface area contributed by atoms with Crippen LogP contribution in [0.15, 0.2) is 6.20 Å². The Kier molecular flexibility index (Phi) is 2.46. The van der Waals surface area contributed by atoms with E-state index in [4.69, 9.17) is 10.8 Å². The molecule has 72 valence electrons. The molecule has 1 heterocycles. The van der Waals surface area contributed by atoms with Crippen molar-refractivity contribution in [3.8, 4) is 5.75 Å². The number of hydrogen-bond acceptors (Lipinski definition) is 3. The molecule has 1 rings (SSSR count). The number of aromatic carboxylic acids is 1. The van der Waals surface area contributed by atoms with Crippen molar-refractivity contribution < 1.29 is 15.0 Å². The van der Waals surface area contributed by atoms with Gasteiger partial charge in [-0.25, -0.2) is 4.79 Å². The molecule has 0 aromatic carbocycles. The molecule has 0 fully saturated rings. The number of hydrogen-bond donors (Lipinski definition) is 3. The van der Waals surface area contributed by atoms with Gasteiger partial charge in [0, 0.05) is 12.7 Å². The maximum atomic E-state index is 10.7. The van der Waals surface area contributed by atoms with E-state index < -0.39 is 5.97 Å². The summed E-state index contributed by atoms with van der Waals surface area (Å²) in [6.45, 7) is 2.45. The summed E-state index contributed by atoms with van der Waals surface area (Å²) in [5.74, 6) is -1.51. The van der Waals surface area contributed by atoms with E-state index in [1.54, 1.807) is 0 Å². The van der Waals surface area contributed by atoms with Gasteiger partial charge in [0.15, 0.2) is 11.4 Å². The molecule has 0 aliphatic carbocycles. The standard InChI is InChI=1S/C8H12N2O3/c1-2-3-10-4-5(9)7(11)6(10)8(12)13/h4,11H,2-3,9H2,1H3,(H,12,13). The lowest BCUT2D eigenvalue weighted by molar-refractivity contribution is 0.0681.